The van der Waals surface area contributed by atoms with Crippen LogP contribution in [0, 0.1) is 0 Å². The molecule has 0 aliphatic heterocycles. The van der Waals surface area contributed by atoms with Gasteiger partial charge < -0.3 is 10.1 Å². The lowest BCUT2D eigenvalue weighted by molar-refractivity contribution is 0.417. The van der Waals surface area contributed by atoms with Crippen LogP contribution in [0.25, 0.3) is 0 Å². The van der Waals surface area contributed by atoms with Crippen molar-refractivity contribution in [2.75, 3.05) is 12.4 Å². The molecule has 0 spiro atoms. The van der Waals surface area contributed by atoms with Crippen molar-refractivity contribution in [3.63, 3.8) is 0 Å². The number of methoxy groups -OCH3 is 1. The molecule has 6 nitrogen and oxygen atoms in total. The standard InChI is InChI=1S/C20H22N4O2/c1-13(2)15-10-8-14(9-11-15)12-17-19(25)22-20(24-23-17)21-16-6-4-5-7-18(16)26-3/h4-11,13H,12H2,1-3H3,(H2,21,22,24,25). The Morgan fingerprint density at radius 3 is 2.46 bits per heavy atom. The zero-order valence-electron chi connectivity index (χ0n) is 15.1. The van der Waals surface area contributed by atoms with Gasteiger partial charge in [-0.2, -0.15) is 0 Å². The molecule has 0 radical (unpaired) electrons. The molecule has 0 atom stereocenters. The molecule has 3 aromatic rings. The van der Waals surface area contributed by atoms with E-state index in [0.717, 1.165) is 5.56 Å². The number of hydrogen-bond donors (Lipinski definition) is 2. The van der Waals surface area contributed by atoms with Crippen LogP contribution in [-0.4, -0.2) is 22.3 Å². The normalized spacial score (nSPS) is 10.8. The number of aromatic amines is 1. The van der Waals surface area contributed by atoms with E-state index in [2.05, 4.69) is 46.5 Å². The molecule has 0 amide bonds. The van der Waals surface area contributed by atoms with E-state index >= 15 is 0 Å². The van der Waals surface area contributed by atoms with E-state index in [-0.39, 0.29) is 11.5 Å². The van der Waals surface area contributed by atoms with Crippen LogP contribution < -0.4 is 15.6 Å². The fourth-order valence-corrected chi connectivity index (χ4v) is 2.62. The number of anilines is 2. The smallest absolute Gasteiger partial charge is 0.274 e. The van der Waals surface area contributed by atoms with Crippen LogP contribution in [0.2, 0.25) is 0 Å². The van der Waals surface area contributed by atoms with Crippen molar-refractivity contribution in [3.05, 3.63) is 75.7 Å². The number of ether oxygens (including phenoxy) is 1. The van der Waals surface area contributed by atoms with E-state index in [1.54, 1.807) is 7.11 Å². The van der Waals surface area contributed by atoms with Gasteiger partial charge >= 0.3 is 0 Å². The van der Waals surface area contributed by atoms with E-state index in [1.807, 2.05) is 36.4 Å². The average Bonchev–Trinajstić information content (AvgIpc) is 2.65. The van der Waals surface area contributed by atoms with Gasteiger partial charge in [-0.1, -0.05) is 50.2 Å². The van der Waals surface area contributed by atoms with Crippen molar-refractivity contribution in [3.8, 4) is 5.75 Å². The summed E-state index contributed by atoms with van der Waals surface area (Å²) in [6.07, 6.45) is 0.440. The molecule has 26 heavy (non-hydrogen) atoms. The Bertz CT molecular complexity index is 933. The van der Waals surface area contributed by atoms with Crippen LogP contribution in [0.1, 0.15) is 36.6 Å². The monoisotopic (exact) mass is 350 g/mol. The highest BCUT2D eigenvalue weighted by atomic mass is 16.5. The van der Waals surface area contributed by atoms with Gasteiger partial charge in [0.25, 0.3) is 5.56 Å². The van der Waals surface area contributed by atoms with E-state index in [9.17, 15) is 4.79 Å². The molecule has 1 heterocycles. The number of benzene rings is 2. The molecule has 2 N–H and O–H groups in total. The van der Waals surface area contributed by atoms with Gasteiger partial charge in [0.15, 0.2) is 0 Å². The van der Waals surface area contributed by atoms with Crippen molar-refractivity contribution < 1.29 is 4.74 Å². The maximum absolute atomic E-state index is 12.3. The SMILES string of the molecule is COc1ccccc1Nc1nnc(Cc2ccc(C(C)C)cc2)c(=O)[nH]1. The molecular weight excluding hydrogens is 328 g/mol. The Morgan fingerprint density at radius 2 is 1.81 bits per heavy atom. The lowest BCUT2D eigenvalue weighted by atomic mass is 10.0. The van der Waals surface area contributed by atoms with Crippen LogP contribution in [0.3, 0.4) is 0 Å². The van der Waals surface area contributed by atoms with E-state index < -0.39 is 0 Å². The summed E-state index contributed by atoms with van der Waals surface area (Å²) in [5.41, 5.74) is 3.12. The molecule has 6 heteroatoms. The lowest BCUT2D eigenvalue weighted by Gasteiger charge is -2.10. The highest BCUT2D eigenvalue weighted by Gasteiger charge is 2.09. The zero-order chi connectivity index (χ0) is 18.5. The largest absolute Gasteiger partial charge is 0.495 e. The Hall–Kier alpha value is -3.15. The number of H-pyrrole nitrogens is 1. The number of aromatic nitrogens is 3. The first kappa shape index (κ1) is 17.7. The van der Waals surface area contributed by atoms with Crippen molar-refractivity contribution >= 4 is 11.6 Å². The summed E-state index contributed by atoms with van der Waals surface area (Å²) in [6, 6.07) is 15.6. The van der Waals surface area contributed by atoms with Crippen LogP contribution >= 0.6 is 0 Å². The van der Waals surface area contributed by atoms with Gasteiger partial charge in [0.05, 0.1) is 12.8 Å². The Morgan fingerprint density at radius 1 is 1.08 bits per heavy atom. The maximum Gasteiger partial charge on any atom is 0.274 e. The molecule has 1 aromatic heterocycles. The summed E-state index contributed by atoms with van der Waals surface area (Å²) in [7, 11) is 1.59. The predicted octanol–water partition coefficient (Wildman–Crippen LogP) is 3.63. The van der Waals surface area contributed by atoms with Crippen LogP contribution in [0.4, 0.5) is 11.6 Å². The topological polar surface area (TPSA) is 79.9 Å². The van der Waals surface area contributed by atoms with Crippen molar-refractivity contribution in [1.29, 1.82) is 0 Å². The summed E-state index contributed by atoms with van der Waals surface area (Å²) in [5.74, 6) is 1.41. The molecule has 0 saturated heterocycles. The summed E-state index contributed by atoms with van der Waals surface area (Å²) >= 11 is 0. The number of para-hydroxylation sites is 2. The average molecular weight is 350 g/mol. The number of nitrogens with zero attached hydrogens (tertiary/aromatic N) is 2. The molecular formula is C20H22N4O2. The first-order valence-electron chi connectivity index (χ1n) is 8.51. The molecule has 0 bridgehead atoms. The Labute approximate surface area is 152 Å². The van der Waals surface area contributed by atoms with Gasteiger partial charge in [0.2, 0.25) is 5.95 Å². The lowest BCUT2D eigenvalue weighted by Crippen LogP contribution is -2.19. The van der Waals surface area contributed by atoms with E-state index in [1.165, 1.54) is 5.56 Å². The van der Waals surface area contributed by atoms with Crippen LogP contribution in [0.5, 0.6) is 5.75 Å². The number of nitrogens with one attached hydrogen (secondary N) is 2. The second-order valence-corrected chi connectivity index (χ2v) is 6.35. The quantitative estimate of drug-likeness (QED) is 0.709. The molecule has 2 aromatic carbocycles. The van der Waals surface area contributed by atoms with Gasteiger partial charge in [-0.05, 0) is 29.2 Å². The Kier molecular flexibility index (Phi) is 5.31. The van der Waals surface area contributed by atoms with Gasteiger partial charge in [-0.3, -0.25) is 9.78 Å². The third-order valence-corrected chi connectivity index (χ3v) is 4.14. The van der Waals surface area contributed by atoms with Gasteiger partial charge in [0.1, 0.15) is 11.4 Å². The second-order valence-electron chi connectivity index (χ2n) is 6.35. The molecule has 0 aliphatic rings. The first-order valence-corrected chi connectivity index (χ1v) is 8.51. The third kappa shape index (κ3) is 4.08. The molecule has 134 valence electrons. The molecule has 0 fully saturated rings. The zero-order valence-corrected chi connectivity index (χ0v) is 15.1. The van der Waals surface area contributed by atoms with Crippen LogP contribution in [0.15, 0.2) is 53.3 Å². The minimum absolute atomic E-state index is 0.259. The first-order chi connectivity index (χ1) is 12.6. The second kappa shape index (κ2) is 7.82. The van der Waals surface area contributed by atoms with Crippen LogP contribution in [-0.2, 0) is 6.42 Å². The van der Waals surface area contributed by atoms with Crippen molar-refractivity contribution in [2.45, 2.75) is 26.2 Å². The number of hydrogen-bond acceptors (Lipinski definition) is 5. The summed E-state index contributed by atoms with van der Waals surface area (Å²) in [5, 5.41) is 11.2. The van der Waals surface area contributed by atoms with Gasteiger partial charge in [-0.15, -0.1) is 10.2 Å². The minimum Gasteiger partial charge on any atom is -0.495 e. The summed E-state index contributed by atoms with van der Waals surface area (Å²) < 4.78 is 5.27. The highest BCUT2D eigenvalue weighted by molar-refractivity contribution is 5.61. The van der Waals surface area contributed by atoms with Crippen molar-refractivity contribution in [1.82, 2.24) is 15.2 Å². The van der Waals surface area contributed by atoms with Gasteiger partial charge in [-0.25, -0.2) is 0 Å². The maximum atomic E-state index is 12.3. The minimum atomic E-state index is -0.259. The fourth-order valence-electron chi connectivity index (χ4n) is 2.62. The Balaban J connectivity index is 1.76. The molecule has 3 rings (SSSR count). The highest BCUT2D eigenvalue weighted by Crippen LogP contribution is 2.25. The molecule has 0 aliphatic carbocycles. The predicted molar refractivity (Wildman–Crippen MR) is 102 cm³/mol. The van der Waals surface area contributed by atoms with Crippen molar-refractivity contribution in [2.24, 2.45) is 0 Å². The summed E-state index contributed by atoms with van der Waals surface area (Å²) in [6.45, 7) is 4.30. The van der Waals surface area contributed by atoms with E-state index in [0.29, 0.717) is 29.5 Å². The molecule has 0 unspecified atom stereocenters. The fraction of sp³-hybridized carbons (Fsp3) is 0.250. The summed E-state index contributed by atoms with van der Waals surface area (Å²) in [4.78, 5) is 15.1. The third-order valence-electron chi connectivity index (χ3n) is 4.14. The number of rotatable bonds is 6. The molecule has 0 saturated carbocycles. The van der Waals surface area contributed by atoms with E-state index in [4.69, 9.17) is 4.74 Å². The van der Waals surface area contributed by atoms with Gasteiger partial charge in [0, 0.05) is 6.42 Å².